The fourth-order valence-corrected chi connectivity index (χ4v) is 1.98. The summed E-state index contributed by atoms with van der Waals surface area (Å²) in [6.45, 7) is 0.880. The molecule has 18 heavy (non-hydrogen) atoms. The molecule has 1 rings (SSSR count). The van der Waals surface area contributed by atoms with E-state index in [1.54, 1.807) is 6.92 Å². The molecule has 0 aromatic rings. The number of thiocarbonyl (C=S) groups is 1. The number of alkyl halides is 3. The van der Waals surface area contributed by atoms with E-state index in [0.29, 0.717) is 4.90 Å². The van der Waals surface area contributed by atoms with Crippen molar-refractivity contribution >= 4 is 29.0 Å². The molecule has 2 amide bonds. The third kappa shape index (κ3) is 3.41. The van der Waals surface area contributed by atoms with Crippen molar-refractivity contribution in [3.63, 3.8) is 0 Å². The predicted octanol–water partition coefficient (Wildman–Crippen LogP) is 1.24. The highest BCUT2D eigenvalue weighted by atomic mass is 32.1. The molecule has 8 heteroatoms. The zero-order chi connectivity index (χ0) is 14.1. The second-order valence-electron chi connectivity index (χ2n) is 4.41. The van der Waals surface area contributed by atoms with E-state index in [-0.39, 0.29) is 18.8 Å². The maximum atomic E-state index is 12.6. The summed E-state index contributed by atoms with van der Waals surface area (Å²) in [5.74, 6) is -3.50. The Balaban J connectivity index is 2.84. The Labute approximate surface area is 107 Å². The number of hydrogen-bond acceptors (Lipinski definition) is 3. The third-order valence-corrected chi connectivity index (χ3v) is 3.04. The fourth-order valence-electron chi connectivity index (χ4n) is 1.77. The van der Waals surface area contributed by atoms with Crippen molar-refractivity contribution in [2.24, 2.45) is 17.6 Å². The summed E-state index contributed by atoms with van der Waals surface area (Å²) in [7, 11) is 0. The van der Waals surface area contributed by atoms with Gasteiger partial charge in [0.05, 0.1) is 4.99 Å². The van der Waals surface area contributed by atoms with E-state index in [0.717, 1.165) is 0 Å². The van der Waals surface area contributed by atoms with E-state index in [1.165, 1.54) is 0 Å². The predicted molar refractivity (Wildman–Crippen MR) is 61.4 cm³/mol. The van der Waals surface area contributed by atoms with Crippen LogP contribution in [0.4, 0.5) is 13.2 Å². The third-order valence-electron chi connectivity index (χ3n) is 2.75. The van der Waals surface area contributed by atoms with Crippen LogP contribution >= 0.6 is 12.2 Å². The van der Waals surface area contributed by atoms with E-state index in [9.17, 15) is 22.8 Å². The van der Waals surface area contributed by atoms with Gasteiger partial charge in [0.2, 0.25) is 11.8 Å². The molecule has 0 aromatic heterocycles. The normalized spacial score (nSPS) is 20.1. The lowest BCUT2D eigenvalue weighted by molar-refractivity contribution is -0.168. The lowest BCUT2D eigenvalue weighted by Gasteiger charge is -2.31. The quantitative estimate of drug-likeness (QED) is 0.625. The number of nitrogens with zero attached hydrogens (tertiary/aromatic N) is 1. The number of carbonyl (C=O) groups is 2. The van der Waals surface area contributed by atoms with Gasteiger partial charge in [0, 0.05) is 19.4 Å². The summed E-state index contributed by atoms with van der Waals surface area (Å²) >= 11 is 4.34. The first-order chi connectivity index (χ1) is 8.12. The minimum Gasteiger partial charge on any atom is -0.393 e. The average molecular weight is 282 g/mol. The zero-order valence-electron chi connectivity index (χ0n) is 9.66. The minimum absolute atomic E-state index is 0.0631. The molecule has 1 atom stereocenters. The fraction of sp³-hybridized carbons (Fsp3) is 0.700. The van der Waals surface area contributed by atoms with Crippen LogP contribution in [0.15, 0.2) is 0 Å². The lowest BCUT2D eigenvalue weighted by Crippen LogP contribution is -2.50. The molecular formula is C10H13F3N2O2S. The molecule has 1 aliphatic rings. The number of nitrogens with two attached hydrogens (primary N) is 1. The van der Waals surface area contributed by atoms with Crippen LogP contribution in [-0.2, 0) is 9.59 Å². The van der Waals surface area contributed by atoms with Crippen LogP contribution in [0.2, 0.25) is 0 Å². The van der Waals surface area contributed by atoms with E-state index in [4.69, 9.17) is 5.73 Å². The van der Waals surface area contributed by atoms with Gasteiger partial charge in [-0.05, 0) is 5.92 Å². The van der Waals surface area contributed by atoms with Crippen LogP contribution in [0.3, 0.4) is 0 Å². The molecule has 0 bridgehead atoms. The number of hydrogen-bond donors (Lipinski definition) is 1. The van der Waals surface area contributed by atoms with Crippen LogP contribution in [0.1, 0.15) is 19.8 Å². The molecular weight excluding hydrogens is 269 g/mol. The Kier molecular flexibility index (Phi) is 4.31. The number of likely N-dealkylation sites (tertiary alicyclic amines) is 1. The number of piperidine rings is 1. The highest BCUT2D eigenvalue weighted by Crippen LogP contribution is 2.29. The Bertz CT molecular complexity index is 366. The van der Waals surface area contributed by atoms with Gasteiger partial charge >= 0.3 is 6.18 Å². The molecule has 0 aromatic carbocycles. The van der Waals surface area contributed by atoms with Crippen molar-refractivity contribution in [3.8, 4) is 0 Å². The van der Waals surface area contributed by atoms with Gasteiger partial charge in [0.25, 0.3) is 0 Å². The molecule has 0 saturated carbocycles. The van der Waals surface area contributed by atoms with Crippen LogP contribution < -0.4 is 5.73 Å². The lowest BCUT2D eigenvalue weighted by atomic mass is 9.96. The van der Waals surface area contributed by atoms with Crippen molar-refractivity contribution in [2.45, 2.75) is 25.9 Å². The largest absolute Gasteiger partial charge is 0.399 e. The summed E-state index contributed by atoms with van der Waals surface area (Å²) in [5, 5.41) is 0. The van der Waals surface area contributed by atoms with Gasteiger partial charge in [0.1, 0.15) is 5.92 Å². The summed E-state index contributed by atoms with van der Waals surface area (Å²) in [6.07, 6.45) is -4.53. The van der Waals surface area contributed by atoms with Crippen molar-refractivity contribution in [3.05, 3.63) is 0 Å². The van der Waals surface area contributed by atoms with Gasteiger partial charge in [-0.1, -0.05) is 19.1 Å². The molecule has 0 aliphatic carbocycles. The zero-order valence-corrected chi connectivity index (χ0v) is 10.5. The van der Waals surface area contributed by atoms with Crippen molar-refractivity contribution in [1.29, 1.82) is 0 Å². The number of imide groups is 1. The molecule has 4 nitrogen and oxygen atoms in total. The van der Waals surface area contributed by atoms with E-state index in [1.807, 2.05) is 0 Å². The van der Waals surface area contributed by atoms with Gasteiger partial charge in [-0.3, -0.25) is 14.5 Å². The number of amides is 2. The van der Waals surface area contributed by atoms with E-state index in [2.05, 4.69) is 12.2 Å². The van der Waals surface area contributed by atoms with Gasteiger partial charge in [-0.15, -0.1) is 0 Å². The molecule has 1 heterocycles. The maximum absolute atomic E-state index is 12.6. The molecule has 102 valence electrons. The summed E-state index contributed by atoms with van der Waals surface area (Å²) in [4.78, 5) is 23.0. The first-order valence-electron chi connectivity index (χ1n) is 5.32. The van der Waals surface area contributed by atoms with Gasteiger partial charge < -0.3 is 5.73 Å². The summed E-state index contributed by atoms with van der Waals surface area (Å²) in [6, 6.07) is 0. The Morgan fingerprint density at radius 2 is 1.89 bits per heavy atom. The van der Waals surface area contributed by atoms with Crippen LogP contribution in [0.5, 0.6) is 0 Å². The second-order valence-corrected chi connectivity index (χ2v) is 4.88. The smallest absolute Gasteiger partial charge is 0.393 e. The average Bonchev–Trinajstić information content (AvgIpc) is 2.12. The molecule has 1 aliphatic heterocycles. The van der Waals surface area contributed by atoms with Crippen LogP contribution in [0.25, 0.3) is 0 Å². The van der Waals surface area contributed by atoms with Crippen molar-refractivity contribution in [1.82, 2.24) is 4.90 Å². The molecule has 1 unspecified atom stereocenters. The monoisotopic (exact) mass is 282 g/mol. The molecule has 1 fully saturated rings. The Hall–Kier alpha value is -1.18. The number of halogens is 3. The molecule has 2 N–H and O–H groups in total. The highest BCUT2D eigenvalue weighted by molar-refractivity contribution is 7.80. The summed E-state index contributed by atoms with van der Waals surface area (Å²) < 4.78 is 37.9. The second kappa shape index (κ2) is 5.21. The minimum atomic E-state index is -4.66. The van der Waals surface area contributed by atoms with Gasteiger partial charge in [0.15, 0.2) is 0 Å². The molecule has 0 radical (unpaired) electrons. The van der Waals surface area contributed by atoms with Gasteiger partial charge in [-0.2, -0.15) is 13.2 Å². The highest BCUT2D eigenvalue weighted by Gasteiger charge is 2.45. The topological polar surface area (TPSA) is 63.4 Å². The first-order valence-corrected chi connectivity index (χ1v) is 5.73. The van der Waals surface area contributed by atoms with E-state index < -0.39 is 35.4 Å². The number of carbonyl (C=O) groups excluding carboxylic acids is 2. The number of rotatable bonds is 3. The standard InChI is InChI=1S/C10H13F3N2O2S/c1-5-2-7(16)15(8(17)3-5)4-6(9(14)18)10(11,12)13/h5-6H,2-4H2,1H3,(H2,14,18). The molecule has 1 saturated heterocycles. The Morgan fingerprint density at radius 3 is 2.22 bits per heavy atom. The van der Waals surface area contributed by atoms with E-state index >= 15 is 0 Å². The SMILES string of the molecule is CC1CC(=O)N(CC(C(N)=S)C(F)(F)F)C(=O)C1. The summed E-state index contributed by atoms with van der Waals surface area (Å²) in [5.41, 5.74) is 5.02. The molecule has 0 spiro atoms. The maximum Gasteiger partial charge on any atom is 0.399 e. The van der Waals surface area contributed by atoms with Crippen LogP contribution in [0, 0.1) is 11.8 Å². The van der Waals surface area contributed by atoms with Crippen molar-refractivity contribution in [2.75, 3.05) is 6.54 Å². The Morgan fingerprint density at radius 1 is 1.44 bits per heavy atom. The van der Waals surface area contributed by atoms with Crippen molar-refractivity contribution < 1.29 is 22.8 Å². The first kappa shape index (κ1) is 14.9. The van der Waals surface area contributed by atoms with Crippen LogP contribution in [-0.4, -0.2) is 34.4 Å². The van der Waals surface area contributed by atoms with Gasteiger partial charge in [-0.25, -0.2) is 0 Å².